The Hall–Kier alpha value is -3.09. The molecular formula is C21H18F3NO3. The predicted molar refractivity (Wildman–Crippen MR) is 97.3 cm³/mol. The Labute approximate surface area is 160 Å². The second-order valence-corrected chi connectivity index (χ2v) is 6.28. The van der Waals surface area contributed by atoms with E-state index in [1.165, 1.54) is 19.1 Å². The third kappa shape index (κ3) is 4.60. The SMILES string of the molecule is CC(=O)c1ccc(OCCc2nc(-c3ccc(C(F)(F)F)cc3)oc2C)cc1. The predicted octanol–water partition coefficient (Wildman–Crippen LogP) is 5.49. The van der Waals surface area contributed by atoms with E-state index in [2.05, 4.69) is 4.98 Å². The largest absolute Gasteiger partial charge is 0.493 e. The number of halogens is 3. The molecule has 0 saturated carbocycles. The fourth-order valence-corrected chi connectivity index (χ4v) is 2.64. The van der Waals surface area contributed by atoms with Gasteiger partial charge in [-0.3, -0.25) is 4.79 Å². The molecule has 1 heterocycles. The van der Waals surface area contributed by atoms with E-state index < -0.39 is 11.7 Å². The van der Waals surface area contributed by atoms with Gasteiger partial charge in [0.25, 0.3) is 0 Å². The van der Waals surface area contributed by atoms with Crippen LogP contribution in [0.5, 0.6) is 5.75 Å². The summed E-state index contributed by atoms with van der Waals surface area (Å²) in [5, 5.41) is 0. The molecule has 146 valence electrons. The zero-order valence-electron chi connectivity index (χ0n) is 15.3. The maximum absolute atomic E-state index is 12.7. The van der Waals surface area contributed by atoms with Crippen molar-refractivity contribution >= 4 is 5.78 Å². The topological polar surface area (TPSA) is 52.3 Å². The van der Waals surface area contributed by atoms with Crippen molar-refractivity contribution in [2.24, 2.45) is 0 Å². The number of nitrogens with zero attached hydrogens (tertiary/aromatic N) is 1. The Morgan fingerprint density at radius 1 is 1.07 bits per heavy atom. The van der Waals surface area contributed by atoms with Crippen LogP contribution in [-0.2, 0) is 12.6 Å². The molecule has 0 N–H and O–H groups in total. The molecule has 3 aromatic rings. The summed E-state index contributed by atoms with van der Waals surface area (Å²) in [7, 11) is 0. The highest BCUT2D eigenvalue weighted by Gasteiger charge is 2.30. The molecule has 0 saturated heterocycles. The number of benzene rings is 2. The average Bonchev–Trinajstić information content (AvgIpc) is 3.02. The quantitative estimate of drug-likeness (QED) is 0.523. The van der Waals surface area contributed by atoms with Crippen LogP contribution in [-0.4, -0.2) is 17.4 Å². The van der Waals surface area contributed by atoms with E-state index in [4.69, 9.17) is 9.15 Å². The van der Waals surface area contributed by atoms with E-state index in [1.54, 1.807) is 31.2 Å². The van der Waals surface area contributed by atoms with Crippen molar-refractivity contribution in [3.63, 3.8) is 0 Å². The molecule has 0 radical (unpaired) electrons. The maximum atomic E-state index is 12.7. The van der Waals surface area contributed by atoms with Crippen molar-refractivity contribution in [3.05, 3.63) is 71.1 Å². The van der Waals surface area contributed by atoms with Gasteiger partial charge in [-0.15, -0.1) is 0 Å². The lowest BCUT2D eigenvalue weighted by atomic mass is 10.1. The smallest absolute Gasteiger partial charge is 0.416 e. The van der Waals surface area contributed by atoms with Crippen LogP contribution in [0, 0.1) is 6.92 Å². The van der Waals surface area contributed by atoms with Gasteiger partial charge in [0.1, 0.15) is 11.5 Å². The number of oxazole rings is 1. The highest BCUT2D eigenvalue weighted by Crippen LogP contribution is 2.31. The average molecular weight is 389 g/mol. The molecular weight excluding hydrogens is 371 g/mol. The van der Waals surface area contributed by atoms with Crippen molar-refractivity contribution in [1.29, 1.82) is 0 Å². The van der Waals surface area contributed by atoms with Crippen molar-refractivity contribution in [2.45, 2.75) is 26.4 Å². The first-order valence-electron chi connectivity index (χ1n) is 8.62. The monoisotopic (exact) mass is 389 g/mol. The van der Waals surface area contributed by atoms with Crippen LogP contribution >= 0.6 is 0 Å². The van der Waals surface area contributed by atoms with Crippen molar-refractivity contribution in [3.8, 4) is 17.2 Å². The summed E-state index contributed by atoms with van der Waals surface area (Å²) in [6.45, 7) is 3.59. The summed E-state index contributed by atoms with van der Waals surface area (Å²) >= 11 is 0. The molecule has 28 heavy (non-hydrogen) atoms. The Kier molecular flexibility index (Phi) is 5.53. The van der Waals surface area contributed by atoms with E-state index in [0.29, 0.717) is 41.4 Å². The van der Waals surface area contributed by atoms with E-state index in [0.717, 1.165) is 12.1 Å². The number of rotatable bonds is 6. The molecule has 0 aliphatic rings. The van der Waals surface area contributed by atoms with E-state index in [1.807, 2.05) is 0 Å². The summed E-state index contributed by atoms with van der Waals surface area (Å²) in [4.78, 5) is 15.6. The second kappa shape index (κ2) is 7.88. The highest BCUT2D eigenvalue weighted by atomic mass is 19.4. The molecule has 0 atom stereocenters. The number of ether oxygens (including phenoxy) is 1. The zero-order chi connectivity index (χ0) is 20.3. The number of aromatic nitrogens is 1. The van der Waals surface area contributed by atoms with Gasteiger partial charge in [-0.05, 0) is 62.4 Å². The first-order chi connectivity index (χ1) is 13.2. The molecule has 0 spiro atoms. The number of alkyl halides is 3. The van der Waals surface area contributed by atoms with Crippen molar-refractivity contribution in [1.82, 2.24) is 4.98 Å². The van der Waals surface area contributed by atoms with Gasteiger partial charge in [-0.2, -0.15) is 13.2 Å². The van der Waals surface area contributed by atoms with Crippen LogP contribution in [0.25, 0.3) is 11.5 Å². The lowest BCUT2D eigenvalue weighted by Gasteiger charge is -2.06. The second-order valence-electron chi connectivity index (χ2n) is 6.28. The summed E-state index contributed by atoms with van der Waals surface area (Å²) in [6, 6.07) is 11.5. The molecule has 0 fully saturated rings. The highest BCUT2D eigenvalue weighted by molar-refractivity contribution is 5.94. The number of Topliss-reactive ketones (excluding diaryl/α,β-unsaturated/α-hetero) is 1. The summed E-state index contributed by atoms with van der Waals surface area (Å²) in [6.07, 6.45) is -3.90. The number of hydrogen-bond acceptors (Lipinski definition) is 4. The maximum Gasteiger partial charge on any atom is 0.416 e. The molecule has 0 aliphatic heterocycles. The molecule has 3 rings (SSSR count). The Balaban J connectivity index is 1.63. The van der Waals surface area contributed by atoms with Crippen molar-refractivity contribution in [2.75, 3.05) is 6.61 Å². The third-order valence-electron chi connectivity index (χ3n) is 4.22. The van der Waals surface area contributed by atoms with Gasteiger partial charge in [0.05, 0.1) is 17.9 Å². The van der Waals surface area contributed by atoms with Crippen LogP contribution in [0.4, 0.5) is 13.2 Å². The van der Waals surface area contributed by atoms with Gasteiger partial charge in [-0.25, -0.2) is 4.98 Å². The normalized spacial score (nSPS) is 11.5. The van der Waals surface area contributed by atoms with E-state index in [9.17, 15) is 18.0 Å². The minimum absolute atomic E-state index is 0.0134. The standard InChI is InChI=1S/C21H18F3NO3/c1-13(26)15-5-9-18(10-6-15)27-12-11-19-14(2)28-20(25-19)16-3-7-17(8-4-16)21(22,23)24/h3-10H,11-12H2,1-2H3. The first-order valence-corrected chi connectivity index (χ1v) is 8.62. The fourth-order valence-electron chi connectivity index (χ4n) is 2.64. The summed E-state index contributed by atoms with van der Waals surface area (Å²) in [5.41, 5.74) is 1.04. The van der Waals surface area contributed by atoms with Crippen LogP contribution in [0.2, 0.25) is 0 Å². The lowest BCUT2D eigenvalue weighted by Crippen LogP contribution is -2.04. The molecule has 2 aromatic carbocycles. The van der Waals surface area contributed by atoms with Crippen molar-refractivity contribution < 1.29 is 27.1 Å². The minimum Gasteiger partial charge on any atom is -0.493 e. The summed E-state index contributed by atoms with van der Waals surface area (Å²) in [5.74, 6) is 1.48. The minimum atomic E-state index is -4.38. The van der Waals surface area contributed by atoms with Crippen LogP contribution in [0.3, 0.4) is 0 Å². The van der Waals surface area contributed by atoms with Gasteiger partial charge in [-0.1, -0.05) is 0 Å². The van der Waals surface area contributed by atoms with Crippen LogP contribution < -0.4 is 4.74 Å². The van der Waals surface area contributed by atoms with Crippen LogP contribution in [0.1, 0.15) is 34.3 Å². The van der Waals surface area contributed by atoms with E-state index in [-0.39, 0.29) is 11.7 Å². The van der Waals surface area contributed by atoms with Gasteiger partial charge in [0.15, 0.2) is 5.78 Å². The Bertz CT molecular complexity index is 958. The number of aryl methyl sites for hydroxylation is 1. The van der Waals surface area contributed by atoms with Gasteiger partial charge < -0.3 is 9.15 Å². The molecule has 0 amide bonds. The number of carbonyl (C=O) groups is 1. The first kappa shape index (κ1) is 19.7. The fraction of sp³-hybridized carbons (Fsp3) is 0.238. The molecule has 1 aromatic heterocycles. The van der Waals surface area contributed by atoms with Crippen LogP contribution in [0.15, 0.2) is 52.9 Å². The van der Waals surface area contributed by atoms with Gasteiger partial charge in [0, 0.05) is 17.5 Å². The lowest BCUT2D eigenvalue weighted by molar-refractivity contribution is -0.137. The molecule has 7 heteroatoms. The Morgan fingerprint density at radius 3 is 2.29 bits per heavy atom. The zero-order valence-corrected chi connectivity index (χ0v) is 15.3. The third-order valence-corrected chi connectivity index (χ3v) is 4.22. The van der Waals surface area contributed by atoms with Gasteiger partial charge in [0.2, 0.25) is 5.89 Å². The Morgan fingerprint density at radius 2 is 1.71 bits per heavy atom. The number of hydrogen-bond donors (Lipinski definition) is 0. The molecule has 0 bridgehead atoms. The summed E-state index contributed by atoms with van der Waals surface area (Å²) < 4.78 is 49.2. The molecule has 0 unspecified atom stereocenters. The number of ketones is 1. The number of carbonyl (C=O) groups excluding carboxylic acids is 1. The molecule has 0 aliphatic carbocycles. The van der Waals surface area contributed by atoms with Gasteiger partial charge >= 0.3 is 6.18 Å². The molecule has 4 nitrogen and oxygen atoms in total. The van der Waals surface area contributed by atoms with E-state index >= 15 is 0 Å².